The number of hydrogen-bond acceptors (Lipinski definition) is 5. The highest BCUT2D eigenvalue weighted by atomic mass is 35.5. The van der Waals surface area contributed by atoms with Crippen molar-refractivity contribution in [1.29, 1.82) is 0 Å². The van der Waals surface area contributed by atoms with E-state index < -0.39 is 0 Å². The summed E-state index contributed by atoms with van der Waals surface area (Å²) in [6.07, 6.45) is 0. The first-order valence-electron chi connectivity index (χ1n) is 5.83. The smallest absolute Gasteiger partial charge is 0.264 e. The lowest BCUT2D eigenvalue weighted by Gasteiger charge is -2.06. The van der Waals surface area contributed by atoms with E-state index >= 15 is 0 Å². The number of rotatable bonds is 2. The standard InChI is InChI=1S/C13H8Cl2N4O2/c14-6-2-1-3-7(15)10(6)11-12(21-19-13(11)16)8-4-5-9(20)18-17-8/h1-5H,(H2,16,19)(H,18,20). The van der Waals surface area contributed by atoms with Crippen LogP contribution in [0.3, 0.4) is 0 Å². The van der Waals surface area contributed by atoms with E-state index in [-0.39, 0.29) is 17.1 Å². The zero-order valence-corrected chi connectivity index (χ0v) is 11.9. The molecule has 6 nitrogen and oxygen atoms in total. The minimum Gasteiger partial charge on any atom is -0.380 e. The molecule has 106 valence electrons. The van der Waals surface area contributed by atoms with Crippen molar-refractivity contribution in [2.24, 2.45) is 0 Å². The summed E-state index contributed by atoms with van der Waals surface area (Å²) in [6, 6.07) is 7.89. The summed E-state index contributed by atoms with van der Waals surface area (Å²) in [5, 5.41) is 10.7. The molecule has 0 aliphatic heterocycles. The largest absolute Gasteiger partial charge is 0.380 e. The molecule has 3 N–H and O–H groups in total. The number of aromatic amines is 1. The lowest BCUT2D eigenvalue weighted by molar-refractivity contribution is 0.434. The predicted octanol–water partition coefficient (Wildman–Crippen LogP) is 2.98. The Morgan fingerprint density at radius 2 is 1.81 bits per heavy atom. The lowest BCUT2D eigenvalue weighted by atomic mass is 10.0. The summed E-state index contributed by atoms with van der Waals surface area (Å²) in [7, 11) is 0. The van der Waals surface area contributed by atoms with Gasteiger partial charge in [-0.15, -0.1) is 0 Å². The van der Waals surface area contributed by atoms with Gasteiger partial charge in [0.15, 0.2) is 11.6 Å². The van der Waals surface area contributed by atoms with Crippen LogP contribution in [0.25, 0.3) is 22.6 Å². The number of halogens is 2. The van der Waals surface area contributed by atoms with Crippen molar-refractivity contribution in [2.45, 2.75) is 0 Å². The maximum Gasteiger partial charge on any atom is 0.264 e. The number of benzene rings is 1. The average molecular weight is 323 g/mol. The Morgan fingerprint density at radius 1 is 1.10 bits per heavy atom. The van der Waals surface area contributed by atoms with Crippen LogP contribution in [0.5, 0.6) is 0 Å². The van der Waals surface area contributed by atoms with Crippen LogP contribution in [0, 0.1) is 0 Å². The zero-order chi connectivity index (χ0) is 15.0. The van der Waals surface area contributed by atoms with Crippen molar-refractivity contribution < 1.29 is 4.52 Å². The van der Waals surface area contributed by atoms with Gasteiger partial charge in [-0.25, -0.2) is 5.10 Å². The molecule has 0 saturated carbocycles. The number of nitrogens with one attached hydrogen (secondary N) is 1. The summed E-state index contributed by atoms with van der Waals surface area (Å²) < 4.78 is 5.21. The van der Waals surface area contributed by atoms with E-state index in [1.54, 1.807) is 18.2 Å². The highest BCUT2D eigenvalue weighted by Crippen LogP contribution is 2.42. The van der Waals surface area contributed by atoms with E-state index in [9.17, 15) is 4.79 Å². The van der Waals surface area contributed by atoms with Gasteiger partial charge in [0.1, 0.15) is 5.69 Å². The van der Waals surface area contributed by atoms with Crippen LogP contribution in [0.2, 0.25) is 10.0 Å². The fourth-order valence-corrected chi connectivity index (χ4v) is 2.51. The van der Waals surface area contributed by atoms with Gasteiger partial charge >= 0.3 is 0 Å². The van der Waals surface area contributed by atoms with Gasteiger partial charge in [0.05, 0.1) is 15.6 Å². The Bertz CT molecular complexity index is 832. The molecule has 0 unspecified atom stereocenters. The number of nitrogen functional groups attached to an aromatic ring is 1. The van der Waals surface area contributed by atoms with Crippen LogP contribution >= 0.6 is 23.2 Å². The monoisotopic (exact) mass is 322 g/mol. The Kier molecular flexibility index (Phi) is 3.40. The Labute approximate surface area is 128 Å². The maximum atomic E-state index is 11.1. The van der Waals surface area contributed by atoms with Gasteiger partial charge in [0.2, 0.25) is 0 Å². The molecular weight excluding hydrogens is 315 g/mol. The molecule has 3 rings (SSSR count). The molecule has 2 aromatic heterocycles. The highest BCUT2D eigenvalue weighted by molar-refractivity contribution is 6.39. The van der Waals surface area contributed by atoms with Gasteiger partial charge in [-0.3, -0.25) is 4.79 Å². The lowest BCUT2D eigenvalue weighted by Crippen LogP contribution is -2.05. The summed E-state index contributed by atoms with van der Waals surface area (Å²) in [4.78, 5) is 11.1. The zero-order valence-electron chi connectivity index (χ0n) is 10.4. The maximum absolute atomic E-state index is 11.1. The highest BCUT2D eigenvalue weighted by Gasteiger charge is 2.22. The minimum absolute atomic E-state index is 0.132. The minimum atomic E-state index is -0.330. The number of hydrogen-bond donors (Lipinski definition) is 2. The van der Waals surface area contributed by atoms with Crippen molar-refractivity contribution >= 4 is 29.0 Å². The molecule has 0 fully saturated rings. The van der Waals surface area contributed by atoms with Crippen molar-refractivity contribution in [3.8, 4) is 22.6 Å². The van der Waals surface area contributed by atoms with Crippen LogP contribution in [-0.4, -0.2) is 15.4 Å². The molecule has 0 radical (unpaired) electrons. The van der Waals surface area contributed by atoms with Crippen LogP contribution in [0.1, 0.15) is 0 Å². The number of anilines is 1. The van der Waals surface area contributed by atoms with Crippen molar-refractivity contribution in [2.75, 3.05) is 5.73 Å². The summed E-state index contributed by atoms with van der Waals surface area (Å²) in [5.41, 5.74) is 6.83. The quantitative estimate of drug-likeness (QED) is 0.755. The van der Waals surface area contributed by atoms with E-state index in [2.05, 4.69) is 15.4 Å². The molecule has 0 atom stereocenters. The number of aromatic nitrogens is 3. The van der Waals surface area contributed by atoms with Crippen LogP contribution < -0.4 is 11.3 Å². The van der Waals surface area contributed by atoms with Gasteiger partial charge in [0, 0.05) is 11.6 Å². The molecule has 0 aliphatic carbocycles. The Hall–Kier alpha value is -2.31. The van der Waals surface area contributed by atoms with Crippen molar-refractivity contribution in [3.05, 3.63) is 50.7 Å². The van der Waals surface area contributed by atoms with Crippen molar-refractivity contribution in [3.63, 3.8) is 0 Å². The van der Waals surface area contributed by atoms with E-state index in [1.165, 1.54) is 12.1 Å². The molecule has 8 heteroatoms. The molecule has 0 spiro atoms. The fraction of sp³-hybridized carbons (Fsp3) is 0. The van der Waals surface area contributed by atoms with Gasteiger partial charge in [0.25, 0.3) is 5.56 Å². The van der Waals surface area contributed by atoms with Crippen molar-refractivity contribution in [1.82, 2.24) is 15.4 Å². The SMILES string of the molecule is Nc1noc(-c2ccc(=O)[nH]n2)c1-c1c(Cl)cccc1Cl. The number of nitrogens with two attached hydrogens (primary N) is 1. The molecule has 0 amide bonds. The van der Waals surface area contributed by atoms with Gasteiger partial charge in [-0.1, -0.05) is 34.4 Å². The van der Waals surface area contributed by atoms with E-state index in [1.807, 2.05) is 0 Å². The first-order chi connectivity index (χ1) is 10.1. The predicted molar refractivity (Wildman–Crippen MR) is 80.2 cm³/mol. The average Bonchev–Trinajstić information content (AvgIpc) is 2.82. The molecule has 0 saturated heterocycles. The van der Waals surface area contributed by atoms with E-state index in [0.29, 0.717) is 26.9 Å². The third-order valence-corrected chi connectivity index (χ3v) is 3.47. The third kappa shape index (κ3) is 2.39. The van der Waals surface area contributed by atoms with Gasteiger partial charge < -0.3 is 10.3 Å². The second kappa shape index (κ2) is 5.23. The normalized spacial score (nSPS) is 10.8. The summed E-state index contributed by atoms with van der Waals surface area (Å²) in [5.74, 6) is 0.409. The molecule has 3 aromatic rings. The van der Waals surface area contributed by atoms with Crippen LogP contribution in [0.15, 0.2) is 39.6 Å². The van der Waals surface area contributed by atoms with Crippen LogP contribution in [-0.2, 0) is 0 Å². The Balaban J connectivity index is 2.27. The van der Waals surface area contributed by atoms with E-state index in [0.717, 1.165) is 0 Å². The molecule has 0 bridgehead atoms. The summed E-state index contributed by atoms with van der Waals surface area (Å²) >= 11 is 12.4. The second-order valence-electron chi connectivity index (χ2n) is 4.18. The number of nitrogens with zero attached hydrogens (tertiary/aromatic N) is 2. The molecule has 1 aromatic carbocycles. The first-order valence-corrected chi connectivity index (χ1v) is 6.59. The summed E-state index contributed by atoms with van der Waals surface area (Å²) in [6.45, 7) is 0. The third-order valence-electron chi connectivity index (χ3n) is 2.84. The van der Waals surface area contributed by atoms with E-state index in [4.69, 9.17) is 33.5 Å². The molecule has 21 heavy (non-hydrogen) atoms. The first kappa shape index (κ1) is 13.7. The molecule has 2 heterocycles. The Morgan fingerprint density at radius 3 is 2.43 bits per heavy atom. The van der Waals surface area contributed by atoms with Gasteiger partial charge in [-0.05, 0) is 18.2 Å². The topological polar surface area (TPSA) is 97.8 Å². The van der Waals surface area contributed by atoms with Gasteiger partial charge in [-0.2, -0.15) is 5.10 Å². The molecular formula is C13H8Cl2N4O2. The number of H-pyrrole nitrogens is 1. The fourth-order valence-electron chi connectivity index (χ4n) is 1.93. The second-order valence-corrected chi connectivity index (χ2v) is 4.99. The van der Waals surface area contributed by atoms with Crippen LogP contribution in [0.4, 0.5) is 5.82 Å². The molecule has 0 aliphatic rings.